The van der Waals surface area contributed by atoms with E-state index in [9.17, 15) is 8.78 Å². The summed E-state index contributed by atoms with van der Waals surface area (Å²) in [4.78, 5) is 8.31. The minimum atomic E-state index is -2.93. The van der Waals surface area contributed by atoms with Crippen molar-refractivity contribution in [3.05, 3.63) is 46.4 Å². The fourth-order valence-electron chi connectivity index (χ4n) is 3.81. The van der Waals surface area contributed by atoms with Crippen LogP contribution in [-0.4, -0.2) is 35.1 Å². The van der Waals surface area contributed by atoms with Crippen molar-refractivity contribution in [2.24, 2.45) is 0 Å². The molecule has 148 valence electrons. The van der Waals surface area contributed by atoms with Crippen molar-refractivity contribution in [1.29, 1.82) is 0 Å². The molecule has 1 aromatic heterocycles. The van der Waals surface area contributed by atoms with E-state index in [1.165, 1.54) is 4.90 Å². The molecule has 0 radical (unpaired) electrons. The molecule has 0 fully saturated rings. The third kappa shape index (κ3) is 3.18. The van der Waals surface area contributed by atoms with Crippen LogP contribution in [0.2, 0.25) is 10.0 Å². The average molecular weight is 425 g/mol. The Balaban J connectivity index is 1.96. The second-order valence-electron chi connectivity index (χ2n) is 6.85. The lowest BCUT2D eigenvalue weighted by Gasteiger charge is -2.35. The predicted octanol–water partition coefficient (Wildman–Crippen LogP) is 5.98. The maximum absolute atomic E-state index is 14.8. The topological polar surface area (TPSA) is 24.3 Å². The lowest BCUT2D eigenvalue weighted by atomic mass is 10.2. The van der Waals surface area contributed by atoms with Gasteiger partial charge in [-0.15, -0.1) is 0 Å². The van der Waals surface area contributed by atoms with Gasteiger partial charge in [0.15, 0.2) is 0 Å². The number of fused-ring (bicyclic) bond motifs is 3. The van der Waals surface area contributed by atoms with Crippen LogP contribution in [0.15, 0.2) is 36.4 Å². The van der Waals surface area contributed by atoms with Gasteiger partial charge in [0.1, 0.15) is 0 Å². The Hall–Kier alpha value is -2.05. The van der Waals surface area contributed by atoms with Gasteiger partial charge in [0, 0.05) is 18.1 Å². The number of aromatic nitrogens is 2. The number of halogens is 4. The molecule has 0 spiro atoms. The highest BCUT2D eigenvalue weighted by atomic mass is 35.5. The molecule has 0 unspecified atom stereocenters. The van der Waals surface area contributed by atoms with Crippen LogP contribution >= 0.6 is 23.2 Å². The summed E-state index contributed by atoms with van der Waals surface area (Å²) in [5.74, 6) is -2.47. The van der Waals surface area contributed by atoms with Crippen molar-refractivity contribution in [3.63, 3.8) is 0 Å². The highest BCUT2D eigenvalue weighted by Crippen LogP contribution is 2.42. The highest BCUT2D eigenvalue weighted by Gasteiger charge is 2.41. The Labute approximate surface area is 172 Å². The number of nitrogens with zero attached hydrogens (tertiary/aromatic N) is 4. The van der Waals surface area contributed by atoms with E-state index in [2.05, 4.69) is 9.88 Å². The van der Waals surface area contributed by atoms with Crippen LogP contribution < -0.4 is 9.80 Å². The van der Waals surface area contributed by atoms with E-state index < -0.39 is 19.0 Å². The number of para-hydroxylation sites is 1. The number of hydrogen-bond acceptors (Lipinski definition) is 3. The van der Waals surface area contributed by atoms with E-state index in [1.54, 1.807) is 22.8 Å². The fraction of sp³-hybridized carbons (Fsp3) is 0.350. The van der Waals surface area contributed by atoms with Crippen LogP contribution in [-0.2, 0) is 6.54 Å². The number of hydrogen-bond donors (Lipinski definition) is 0. The molecule has 4 rings (SSSR count). The zero-order valence-electron chi connectivity index (χ0n) is 15.6. The Bertz CT molecular complexity index is 1030. The van der Waals surface area contributed by atoms with Crippen molar-refractivity contribution >= 4 is 51.6 Å². The van der Waals surface area contributed by atoms with Crippen molar-refractivity contribution in [3.8, 4) is 0 Å². The lowest BCUT2D eigenvalue weighted by molar-refractivity contribution is -0.0122. The summed E-state index contributed by atoms with van der Waals surface area (Å²) in [6, 6.07) is 10.6. The van der Waals surface area contributed by atoms with Crippen molar-refractivity contribution < 1.29 is 8.78 Å². The SMILES string of the molecule is CCN(CC)c1cccc2nc3n(c12)CC(F)(F)CN3c1ccc(Cl)cc1Cl. The Morgan fingerprint density at radius 2 is 1.86 bits per heavy atom. The monoisotopic (exact) mass is 424 g/mol. The van der Waals surface area contributed by atoms with Crippen LogP contribution in [0.25, 0.3) is 11.0 Å². The van der Waals surface area contributed by atoms with Gasteiger partial charge in [-0.1, -0.05) is 29.3 Å². The fourth-order valence-corrected chi connectivity index (χ4v) is 4.32. The summed E-state index contributed by atoms with van der Waals surface area (Å²) in [5, 5.41) is 0.766. The summed E-state index contributed by atoms with van der Waals surface area (Å²) in [6.07, 6.45) is 0. The number of imidazole rings is 1. The Morgan fingerprint density at radius 1 is 1.11 bits per heavy atom. The second-order valence-corrected chi connectivity index (χ2v) is 7.70. The van der Waals surface area contributed by atoms with Gasteiger partial charge in [0.25, 0.3) is 5.92 Å². The molecule has 4 nitrogen and oxygen atoms in total. The minimum absolute atomic E-state index is 0.313. The molecule has 0 aliphatic carbocycles. The zero-order valence-corrected chi connectivity index (χ0v) is 17.1. The molecular formula is C20H20Cl2F2N4. The third-order valence-electron chi connectivity index (χ3n) is 5.05. The highest BCUT2D eigenvalue weighted by molar-refractivity contribution is 6.36. The summed E-state index contributed by atoms with van der Waals surface area (Å²) < 4.78 is 31.1. The average Bonchev–Trinajstić information content (AvgIpc) is 3.00. The largest absolute Gasteiger partial charge is 0.370 e. The summed E-state index contributed by atoms with van der Waals surface area (Å²) in [7, 11) is 0. The molecule has 0 atom stereocenters. The number of anilines is 3. The first-order valence-corrected chi connectivity index (χ1v) is 9.95. The summed E-state index contributed by atoms with van der Waals surface area (Å²) in [5.41, 5.74) is 2.77. The number of benzene rings is 2. The molecule has 0 bridgehead atoms. The van der Waals surface area contributed by atoms with Gasteiger partial charge in [0.05, 0.1) is 40.5 Å². The standard InChI is InChI=1S/C20H20Cl2F2N4/c1-3-26(4-2)17-7-5-6-15-18(17)28-12-20(23,24)11-27(19(28)25-15)16-9-8-13(21)10-14(16)22/h5-10H,3-4,11-12H2,1-2H3. The van der Waals surface area contributed by atoms with E-state index in [0.717, 1.165) is 24.3 Å². The van der Waals surface area contributed by atoms with Crippen LogP contribution in [0.1, 0.15) is 13.8 Å². The molecule has 1 aliphatic heterocycles. The first kappa shape index (κ1) is 19.3. The molecule has 8 heteroatoms. The molecule has 3 aromatic rings. The van der Waals surface area contributed by atoms with Crippen LogP contribution in [0.5, 0.6) is 0 Å². The van der Waals surface area contributed by atoms with Gasteiger partial charge >= 0.3 is 0 Å². The Morgan fingerprint density at radius 3 is 2.54 bits per heavy atom. The third-order valence-corrected chi connectivity index (χ3v) is 5.59. The molecule has 0 saturated heterocycles. The predicted molar refractivity (Wildman–Crippen MR) is 112 cm³/mol. The van der Waals surface area contributed by atoms with E-state index in [4.69, 9.17) is 23.2 Å². The van der Waals surface area contributed by atoms with Crippen LogP contribution in [0.3, 0.4) is 0 Å². The first-order valence-electron chi connectivity index (χ1n) is 9.19. The molecule has 1 aliphatic rings. The van der Waals surface area contributed by atoms with Crippen LogP contribution in [0.4, 0.5) is 26.1 Å². The smallest absolute Gasteiger partial charge is 0.283 e. The van der Waals surface area contributed by atoms with Crippen molar-refractivity contribution in [1.82, 2.24) is 9.55 Å². The molecule has 2 aromatic carbocycles. The number of rotatable bonds is 4. The molecular weight excluding hydrogens is 405 g/mol. The van der Waals surface area contributed by atoms with Gasteiger partial charge in [-0.3, -0.25) is 0 Å². The first-order chi connectivity index (χ1) is 13.3. The normalized spacial score (nSPS) is 15.7. The van der Waals surface area contributed by atoms with Crippen molar-refractivity contribution in [2.45, 2.75) is 26.3 Å². The second kappa shape index (κ2) is 7.08. The zero-order chi connectivity index (χ0) is 20.1. The van der Waals surface area contributed by atoms with E-state index in [1.807, 2.05) is 32.0 Å². The van der Waals surface area contributed by atoms with Gasteiger partial charge in [-0.25, -0.2) is 13.8 Å². The number of alkyl halides is 2. The summed E-state index contributed by atoms with van der Waals surface area (Å²) in [6.45, 7) is 4.74. The maximum atomic E-state index is 14.8. The van der Waals surface area contributed by atoms with E-state index in [-0.39, 0.29) is 0 Å². The quantitative estimate of drug-likeness (QED) is 0.514. The van der Waals surface area contributed by atoms with Gasteiger partial charge < -0.3 is 14.4 Å². The molecule has 28 heavy (non-hydrogen) atoms. The summed E-state index contributed by atoms with van der Waals surface area (Å²) >= 11 is 12.3. The van der Waals surface area contributed by atoms with Gasteiger partial charge in [0.2, 0.25) is 5.95 Å². The van der Waals surface area contributed by atoms with E-state index in [0.29, 0.717) is 27.2 Å². The van der Waals surface area contributed by atoms with E-state index >= 15 is 0 Å². The van der Waals surface area contributed by atoms with Crippen molar-refractivity contribution in [2.75, 3.05) is 29.4 Å². The van der Waals surface area contributed by atoms with Gasteiger partial charge in [-0.2, -0.15) is 0 Å². The lowest BCUT2D eigenvalue weighted by Crippen LogP contribution is -2.43. The molecule has 2 heterocycles. The maximum Gasteiger partial charge on any atom is 0.283 e. The molecule has 0 N–H and O–H groups in total. The minimum Gasteiger partial charge on any atom is -0.370 e. The Kier molecular flexibility index (Phi) is 4.88. The van der Waals surface area contributed by atoms with Crippen LogP contribution in [0, 0.1) is 0 Å². The molecule has 0 amide bonds. The van der Waals surface area contributed by atoms with Gasteiger partial charge in [-0.05, 0) is 44.2 Å². The molecule has 0 saturated carbocycles.